The van der Waals surface area contributed by atoms with Gasteiger partial charge in [-0.25, -0.2) is 4.98 Å². The maximum Gasteiger partial charge on any atom is 0.226 e. The van der Waals surface area contributed by atoms with Crippen LogP contribution in [0.4, 0.5) is 5.69 Å². The van der Waals surface area contributed by atoms with Gasteiger partial charge in [-0.1, -0.05) is 25.6 Å². The number of aromatic nitrogens is 2. The molecule has 3 rings (SSSR count). The Morgan fingerprint density at radius 3 is 2.46 bits per heavy atom. The number of imidazole rings is 1. The average molecular weight is 398 g/mol. The number of ether oxygens (including phenoxy) is 1. The van der Waals surface area contributed by atoms with E-state index < -0.39 is 0 Å². The Hall–Kier alpha value is -2.80. The zero-order chi connectivity index (χ0) is 20.3. The van der Waals surface area contributed by atoms with Gasteiger partial charge >= 0.3 is 0 Å². The third-order valence-corrected chi connectivity index (χ3v) is 5.27. The molecule has 7 heteroatoms. The number of aromatic amines is 1. The van der Waals surface area contributed by atoms with E-state index in [-0.39, 0.29) is 22.9 Å². The maximum atomic E-state index is 12.7. The first-order valence-corrected chi connectivity index (χ1v) is 9.91. The van der Waals surface area contributed by atoms with E-state index in [9.17, 15) is 9.59 Å². The molecule has 2 aromatic carbocycles. The van der Waals surface area contributed by atoms with Gasteiger partial charge in [0.25, 0.3) is 0 Å². The second kappa shape index (κ2) is 8.48. The fraction of sp³-hybridized carbons (Fsp3) is 0.286. The molecule has 2 N–H and O–H groups in total. The zero-order valence-electron chi connectivity index (χ0n) is 16.3. The van der Waals surface area contributed by atoms with Crippen molar-refractivity contribution in [2.75, 3.05) is 12.4 Å². The lowest BCUT2D eigenvalue weighted by Crippen LogP contribution is -2.18. The van der Waals surface area contributed by atoms with Crippen molar-refractivity contribution in [3.8, 4) is 5.75 Å². The van der Waals surface area contributed by atoms with Crippen molar-refractivity contribution in [2.24, 2.45) is 5.92 Å². The molecule has 0 aliphatic rings. The van der Waals surface area contributed by atoms with E-state index in [4.69, 9.17) is 4.74 Å². The molecular formula is C21H23N3O3S. The number of carbonyl (C=O) groups is 2. The molecule has 28 heavy (non-hydrogen) atoms. The molecule has 0 fully saturated rings. The first kappa shape index (κ1) is 19.9. The van der Waals surface area contributed by atoms with Crippen molar-refractivity contribution in [3.63, 3.8) is 0 Å². The number of benzene rings is 2. The summed E-state index contributed by atoms with van der Waals surface area (Å²) >= 11 is 1.38. The highest BCUT2D eigenvalue weighted by atomic mass is 32.2. The molecule has 0 radical (unpaired) electrons. The second-order valence-electron chi connectivity index (χ2n) is 6.77. The first-order valence-electron chi connectivity index (χ1n) is 9.03. The molecule has 1 amide bonds. The first-order chi connectivity index (χ1) is 13.4. The lowest BCUT2D eigenvalue weighted by atomic mass is 10.1. The number of Topliss-reactive ketones (excluding diaryl/α,β-unsaturated/α-hetero) is 1. The lowest BCUT2D eigenvalue weighted by molar-refractivity contribution is -0.118. The molecule has 1 heterocycles. The third kappa shape index (κ3) is 4.54. The molecule has 3 aromatic rings. The molecule has 1 aromatic heterocycles. The van der Waals surface area contributed by atoms with Crippen LogP contribution in [0.25, 0.3) is 11.0 Å². The molecule has 1 atom stereocenters. The van der Waals surface area contributed by atoms with Crippen molar-refractivity contribution in [1.29, 1.82) is 0 Å². The van der Waals surface area contributed by atoms with Gasteiger partial charge in [0.1, 0.15) is 5.75 Å². The largest absolute Gasteiger partial charge is 0.497 e. The summed E-state index contributed by atoms with van der Waals surface area (Å²) in [4.78, 5) is 32.2. The van der Waals surface area contributed by atoms with Crippen LogP contribution < -0.4 is 10.1 Å². The number of fused-ring (bicyclic) bond motifs is 1. The summed E-state index contributed by atoms with van der Waals surface area (Å²) in [5.41, 5.74) is 2.97. The predicted molar refractivity (Wildman–Crippen MR) is 112 cm³/mol. The van der Waals surface area contributed by atoms with Crippen LogP contribution in [0.15, 0.2) is 47.6 Å². The number of hydrogen-bond donors (Lipinski definition) is 2. The Bertz CT molecular complexity index is 996. The van der Waals surface area contributed by atoms with E-state index in [1.54, 1.807) is 31.4 Å². The molecule has 0 saturated carbocycles. The number of ketones is 1. The van der Waals surface area contributed by atoms with Gasteiger partial charge in [0.2, 0.25) is 5.91 Å². The van der Waals surface area contributed by atoms with Crippen LogP contribution in [0.3, 0.4) is 0 Å². The highest BCUT2D eigenvalue weighted by Crippen LogP contribution is 2.27. The number of carbonyl (C=O) groups excluding carboxylic acids is 2. The number of anilines is 1. The number of H-pyrrole nitrogens is 1. The minimum Gasteiger partial charge on any atom is -0.497 e. The summed E-state index contributed by atoms with van der Waals surface area (Å²) in [6.45, 7) is 5.52. The van der Waals surface area contributed by atoms with E-state index in [2.05, 4.69) is 15.3 Å². The summed E-state index contributed by atoms with van der Waals surface area (Å²) in [7, 11) is 1.62. The summed E-state index contributed by atoms with van der Waals surface area (Å²) in [5, 5.41) is 3.20. The van der Waals surface area contributed by atoms with Crippen molar-refractivity contribution in [3.05, 3.63) is 48.0 Å². The van der Waals surface area contributed by atoms with Crippen LogP contribution in [0.1, 0.15) is 31.1 Å². The fourth-order valence-corrected chi connectivity index (χ4v) is 3.51. The molecule has 0 spiro atoms. The standard InChI is InChI=1S/C21H23N3O3S/c1-12(2)20(26)22-15-7-5-14(6-8-15)19(25)13(3)28-21-23-17-10-9-16(27-4)11-18(17)24-21/h5-13H,1-4H3,(H,22,26)(H,23,24). The Morgan fingerprint density at radius 2 is 1.82 bits per heavy atom. The smallest absolute Gasteiger partial charge is 0.226 e. The molecule has 0 bridgehead atoms. The summed E-state index contributed by atoms with van der Waals surface area (Å²) in [6, 6.07) is 12.6. The second-order valence-corrected chi connectivity index (χ2v) is 8.10. The summed E-state index contributed by atoms with van der Waals surface area (Å²) in [5.74, 6) is 0.609. The number of nitrogens with zero attached hydrogens (tertiary/aromatic N) is 1. The summed E-state index contributed by atoms with van der Waals surface area (Å²) in [6.07, 6.45) is 0. The van der Waals surface area contributed by atoms with Crippen LogP contribution in [-0.4, -0.2) is 34.0 Å². The molecule has 1 unspecified atom stereocenters. The monoisotopic (exact) mass is 397 g/mol. The number of thioether (sulfide) groups is 1. The van der Waals surface area contributed by atoms with Crippen molar-refractivity contribution < 1.29 is 14.3 Å². The molecule has 146 valence electrons. The Balaban J connectivity index is 1.68. The van der Waals surface area contributed by atoms with E-state index >= 15 is 0 Å². The third-order valence-electron chi connectivity index (χ3n) is 4.29. The van der Waals surface area contributed by atoms with E-state index in [0.29, 0.717) is 16.4 Å². The number of nitrogens with one attached hydrogen (secondary N) is 2. The molecule has 0 saturated heterocycles. The van der Waals surface area contributed by atoms with Crippen LogP contribution >= 0.6 is 11.8 Å². The Labute approximate surface area is 168 Å². The van der Waals surface area contributed by atoms with Gasteiger partial charge in [0, 0.05) is 23.2 Å². The van der Waals surface area contributed by atoms with Crippen LogP contribution in [-0.2, 0) is 4.79 Å². The summed E-state index contributed by atoms with van der Waals surface area (Å²) < 4.78 is 5.22. The van der Waals surface area contributed by atoms with Crippen LogP contribution in [0.5, 0.6) is 5.75 Å². The SMILES string of the molecule is COc1ccc2nc(SC(C)C(=O)c3ccc(NC(=O)C(C)C)cc3)[nH]c2c1. The predicted octanol–water partition coefficient (Wildman–Crippen LogP) is 4.53. The Kier molecular flexibility index (Phi) is 6.04. The van der Waals surface area contributed by atoms with Gasteiger partial charge in [-0.05, 0) is 43.3 Å². The van der Waals surface area contributed by atoms with Crippen LogP contribution in [0.2, 0.25) is 0 Å². The molecule has 0 aliphatic carbocycles. The fourth-order valence-electron chi connectivity index (χ4n) is 2.61. The van der Waals surface area contributed by atoms with Crippen LogP contribution in [0, 0.1) is 5.92 Å². The van der Waals surface area contributed by atoms with Crippen molar-refractivity contribution >= 4 is 40.2 Å². The number of hydrogen-bond acceptors (Lipinski definition) is 5. The molecular weight excluding hydrogens is 374 g/mol. The minimum absolute atomic E-state index is 0.00442. The highest BCUT2D eigenvalue weighted by molar-refractivity contribution is 8.00. The van der Waals surface area contributed by atoms with Gasteiger partial charge in [0.15, 0.2) is 10.9 Å². The lowest BCUT2D eigenvalue weighted by Gasteiger charge is -2.10. The van der Waals surface area contributed by atoms with Gasteiger partial charge in [-0.3, -0.25) is 9.59 Å². The average Bonchev–Trinajstić information content (AvgIpc) is 3.09. The zero-order valence-corrected chi connectivity index (χ0v) is 17.1. The van der Waals surface area contributed by atoms with Gasteiger partial charge in [-0.2, -0.15) is 0 Å². The molecule has 0 aliphatic heterocycles. The normalized spacial score (nSPS) is 12.2. The minimum atomic E-state index is -0.307. The number of amides is 1. The highest BCUT2D eigenvalue weighted by Gasteiger charge is 2.19. The van der Waals surface area contributed by atoms with E-state index in [1.807, 2.05) is 39.0 Å². The molecule has 6 nitrogen and oxygen atoms in total. The van der Waals surface area contributed by atoms with E-state index in [1.165, 1.54) is 11.8 Å². The number of methoxy groups -OCH3 is 1. The van der Waals surface area contributed by atoms with Gasteiger partial charge in [0.05, 0.1) is 23.4 Å². The van der Waals surface area contributed by atoms with Gasteiger partial charge < -0.3 is 15.0 Å². The quantitative estimate of drug-likeness (QED) is 0.452. The van der Waals surface area contributed by atoms with Crippen molar-refractivity contribution in [2.45, 2.75) is 31.2 Å². The van der Waals surface area contributed by atoms with Crippen molar-refractivity contribution in [1.82, 2.24) is 9.97 Å². The Morgan fingerprint density at radius 1 is 1.11 bits per heavy atom. The number of rotatable bonds is 7. The van der Waals surface area contributed by atoms with E-state index in [0.717, 1.165) is 16.8 Å². The maximum absolute atomic E-state index is 12.7. The topological polar surface area (TPSA) is 84.1 Å². The van der Waals surface area contributed by atoms with Gasteiger partial charge in [-0.15, -0.1) is 0 Å².